The van der Waals surface area contributed by atoms with Gasteiger partial charge in [0.05, 0.1) is 31.3 Å². The van der Waals surface area contributed by atoms with Gasteiger partial charge < -0.3 is 14.8 Å². The van der Waals surface area contributed by atoms with Gasteiger partial charge in [0.25, 0.3) is 0 Å². The summed E-state index contributed by atoms with van der Waals surface area (Å²) >= 11 is 0. The van der Waals surface area contributed by atoms with Crippen LogP contribution in [0.5, 0.6) is 0 Å². The summed E-state index contributed by atoms with van der Waals surface area (Å²) in [6.45, 7) is 3.78. The molecule has 2 heterocycles. The molecule has 92 valence electrons. The molecule has 2 aliphatic heterocycles. The Morgan fingerprint density at radius 2 is 2.00 bits per heavy atom. The first kappa shape index (κ1) is 11.1. The van der Waals surface area contributed by atoms with E-state index in [9.17, 15) is 4.39 Å². The monoisotopic (exact) mass is 237 g/mol. The average Bonchev–Trinajstić information content (AvgIpc) is 2.32. The largest absolute Gasteiger partial charge is 0.379 e. The van der Waals surface area contributed by atoms with E-state index in [1.54, 1.807) is 0 Å². The molecule has 2 aliphatic rings. The molecular weight excluding hydrogens is 221 g/mol. The highest BCUT2D eigenvalue weighted by Gasteiger charge is 2.48. The Balaban J connectivity index is 1.87. The predicted molar refractivity (Wildman–Crippen MR) is 61.5 cm³/mol. The minimum atomic E-state index is -0.202. The fraction of sp³-hybridized carbons (Fsp3) is 0.538. The number of morpholine rings is 1. The maximum Gasteiger partial charge on any atom is 0.123 e. The first-order chi connectivity index (χ1) is 8.31. The van der Waals surface area contributed by atoms with Gasteiger partial charge in [-0.05, 0) is 17.7 Å². The minimum Gasteiger partial charge on any atom is -0.379 e. The molecule has 3 rings (SSSR count). The normalized spacial score (nSPS) is 27.5. The Hall–Kier alpha value is -0.970. The summed E-state index contributed by atoms with van der Waals surface area (Å²) in [4.78, 5) is 0. The van der Waals surface area contributed by atoms with Gasteiger partial charge in [0.1, 0.15) is 5.82 Å². The number of hydrogen-bond acceptors (Lipinski definition) is 3. The van der Waals surface area contributed by atoms with E-state index in [0.717, 1.165) is 25.3 Å². The van der Waals surface area contributed by atoms with Gasteiger partial charge in [-0.3, -0.25) is 0 Å². The maximum atomic E-state index is 13.0. The van der Waals surface area contributed by atoms with E-state index in [-0.39, 0.29) is 17.3 Å². The lowest BCUT2D eigenvalue weighted by molar-refractivity contribution is -0.146. The summed E-state index contributed by atoms with van der Waals surface area (Å²) in [5.41, 5.74) is 1.01. The third-order valence-corrected chi connectivity index (χ3v) is 3.68. The summed E-state index contributed by atoms with van der Waals surface area (Å²) < 4.78 is 24.2. The van der Waals surface area contributed by atoms with Gasteiger partial charge in [-0.15, -0.1) is 0 Å². The van der Waals surface area contributed by atoms with Crippen LogP contribution < -0.4 is 5.32 Å². The van der Waals surface area contributed by atoms with Crippen molar-refractivity contribution in [2.45, 2.75) is 11.5 Å². The predicted octanol–water partition coefficient (Wildman–Crippen LogP) is 1.08. The van der Waals surface area contributed by atoms with Crippen molar-refractivity contribution in [3.05, 3.63) is 35.6 Å². The van der Waals surface area contributed by atoms with Crippen molar-refractivity contribution in [1.82, 2.24) is 5.32 Å². The highest BCUT2D eigenvalue weighted by Crippen LogP contribution is 2.37. The zero-order chi connectivity index (χ0) is 11.7. The molecule has 1 aromatic rings. The highest BCUT2D eigenvalue weighted by molar-refractivity contribution is 5.30. The third-order valence-electron chi connectivity index (χ3n) is 3.68. The Labute approximate surface area is 99.9 Å². The number of halogens is 1. The number of nitrogens with one attached hydrogen (secondary N) is 1. The molecule has 1 atom stereocenters. The molecule has 17 heavy (non-hydrogen) atoms. The molecule has 4 heteroatoms. The molecule has 1 aromatic carbocycles. The molecule has 0 aliphatic carbocycles. The van der Waals surface area contributed by atoms with Gasteiger partial charge in [0, 0.05) is 13.1 Å². The lowest BCUT2D eigenvalue weighted by atomic mass is 9.73. The minimum absolute atomic E-state index is 0.0961. The molecular formula is C13H16FNO2. The van der Waals surface area contributed by atoms with Gasteiger partial charge in [-0.1, -0.05) is 12.1 Å². The zero-order valence-corrected chi connectivity index (χ0v) is 9.62. The number of rotatable bonds is 2. The summed E-state index contributed by atoms with van der Waals surface area (Å²) in [6, 6.07) is 6.70. The molecule has 1 N–H and O–H groups in total. The lowest BCUT2D eigenvalue weighted by Gasteiger charge is -2.48. The molecule has 0 saturated carbocycles. The van der Waals surface area contributed by atoms with Crippen LogP contribution in [0.25, 0.3) is 0 Å². The molecule has 1 unspecified atom stereocenters. The van der Waals surface area contributed by atoms with Crippen LogP contribution in [0.4, 0.5) is 4.39 Å². The second kappa shape index (κ2) is 4.37. The highest BCUT2D eigenvalue weighted by atomic mass is 19.1. The maximum absolute atomic E-state index is 13.0. The van der Waals surface area contributed by atoms with E-state index in [1.165, 1.54) is 12.1 Å². The van der Waals surface area contributed by atoms with Crippen LogP contribution in [-0.4, -0.2) is 39.0 Å². The van der Waals surface area contributed by atoms with Gasteiger partial charge in [0.15, 0.2) is 0 Å². The van der Waals surface area contributed by atoms with Crippen LogP contribution in [0.15, 0.2) is 24.3 Å². The Morgan fingerprint density at radius 3 is 2.53 bits per heavy atom. The van der Waals surface area contributed by atoms with Crippen LogP contribution in [0, 0.1) is 5.82 Å². The smallest absolute Gasteiger partial charge is 0.123 e. The molecule has 0 spiro atoms. The van der Waals surface area contributed by atoms with Crippen LogP contribution >= 0.6 is 0 Å². The molecule has 0 aromatic heterocycles. The standard InChI is InChI=1S/C13H16FNO2/c14-11-3-1-10(2-4-11)13(8-16-9-13)12-7-15-5-6-17-12/h1-4,12,15H,5-9H2. The topological polar surface area (TPSA) is 30.5 Å². The summed E-state index contributed by atoms with van der Waals surface area (Å²) in [6.07, 6.45) is 0.121. The Morgan fingerprint density at radius 1 is 1.24 bits per heavy atom. The fourth-order valence-electron chi connectivity index (χ4n) is 2.56. The first-order valence-corrected chi connectivity index (χ1v) is 5.97. The van der Waals surface area contributed by atoms with E-state index >= 15 is 0 Å². The average molecular weight is 237 g/mol. The van der Waals surface area contributed by atoms with E-state index in [0.29, 0.717) is 13.2 Å². The quantitative estimate of drug-likeness (QED) is 0.835. The van der Waals surface area contributed by atoms with Gasteiger partial charge in [0.2, 0.25) is 0 Å². The van der Waals surface area contributed by atoms with E-state index in [1.807, 2.05) is 12.1 Å². The number of benzene rings is 1. The molecule has 0 radical (unpaired) electrons. The van der Waals surface area contributed by atoms with E-state index in [2.05, 4.69) is 5.32 Å². The summed E-state index contributed by atoms with van der Waals surface area (Å²) in [5, 5.41) is 3.34. The second-order valence-electron chi connectivity index (χ2n) is 4.72. The van der Waals surface area contributed by atoms with Crippen molar-refractivity contribution in [3.63, 3.8) is 0 Å². The van der Waals surface area contributed by atoms with Gasteiger partial charge in [-0.2, -0.15) is 0 Å². The number of ether oxygens (including phenoxy) is 2. The Kier molecular flexibility index (Phi) is 2.86. The summed E-state index contributed by atoms with van der Waals surface area (Å²) in [7, 11) is 0. The van der Waals surface area contributed by atoms with E-state index in [4.69, 9.17) is 9.47 Å². The molecule has 0 amide bonds. The SMILES string of the molecule is Fc1ccc(C2(C3CNCCO3)COC2)cc1. The first-order valence-electron chi connectivity index (χ1n) is 5.97. The van der Waals surface area contributed by atoms with E-state index < -0.39 is 0 Å². The van der Waals surface area contributed by atoms with Crippen LogP contribution in [0.2, 0.25) is 0 Å². The van der Waals surface area contributed by atoms with Crippen molar-refractivity contribution < 1.29 is 13.9 Å². The molecule has 3 nitrogen and oxygen atoms in total. The molecule has 2 saturated heterocycles. The van der Waals surface area contributed by atoms with Crippen LogP contribution in [-0.2, 0) is 14.9 Å². The van der Waals surface area contributed by atoms with Crippen molar-refractivity contribution in [2.75, 3.05) is 32.9 Å². The molecule has 2 fully saturated rings. The van der Waals surface area contributed by atoms with Crippen molar-refractivity contribution in [2.24, 2.45) is 0 Å². The third kappa shape index (κ3) is 1.86. The van der Waals surface area contributed by atoms with Gasteiger partial charge in [-0.25, -0.2) is 4.39 Å². The van der Waals surface area contributed by atoms with Crippen molar-refractivity contribution in [3.8, 4) is 0 Å². The summed E-state index contributed by atoms with van der Waals surface area (Å²) in [5.74, 6) is -0.202. The van der Waals surface area contributed by atoms with Crippen LogP contribution in [0.3, 0.4) is 0 Å². The second-order valence-corrected chi connectivity index (χ2v) is 4.72. The lowest BCUT2D eigenvalue weighted by Crippen LogP contribution is -2.61. The van der Waals surface area contributed by atoms with Crippen LogP contribution in [0.1, 0.15) is 5.56 Å². The van der Waals surface area contributed by atoms with Crippen molar-refractivity contribution >= 4 is 0 Å². The zero-order valence-electron chi connectivity index (χ0n) is 9.62. The van der Waals surface area contributed by atoms with Gasteiger partial charge >= 0.3 is 0 Å². The molecule has 0 bridgehead atoms. The Bertz CT molecular complexity index is 383. The number of hydrogen-bond donors (Lipinski definition) is 1. The fourth-order valence-corrected chi connectivity index (χ4v) is 2.56. The van der Waals surface area contributed by atoms with Crippen molar-refractivity contribution in [1.29, 1.82) is 0 Å².